The number of phosphoric ester groups is 1. The van der Waals surface area contributed by atoms with Crippen LogP contribution in [0.2, 0.25) is 0 Å². The van der Waals surface area contributed by atoms with Gasteiger partial charge in [0.2, 0.25) is 5.51 Å². The predicted molar refractivity (Wildman–Crippen MR) is 183 cm³/mol. The Hall–Kier alpha value is -2.78. The number of hydrogen-bond donors (Lipinski definition) is 1. The van der Waals surface area contributed by atoms with Gasteiger partial charge in [-0.2, -0.15) is 14.0 Å². The molecular weight excluding hydrogens is 621 g/mol. The molecule has 3 aromatic carbocycles. The average Bonchev–Trinajstić information content (AvgIpc) is 3.57. The van der Waals surface area contributed by atoms with E-state index in [1.54, 1.807) is 29.5 Å². The summed E-state index contributed by atoms with van der Waals surface area (Å²) in [4.78, 5) is 23.1. The first-order chi connectivity index (χ1) is 22.5. The first-order valence-corrected chi connectivity index (χ1v) is 18.9. The Labute approximate surface area is 278 Å². The lowest BCUT2D eigenvalue weighted by molar-refractivity contribution is -0.683. The standard InChI is InChI=1S/C36H48NO7PS/c1-3-4-5-6-7-8-9-10-11-14-23-41-35-20-21-36(34-19-13-12-18-33(34)35)42-27-32(40-2)28-43-45(38,39)44-31-17-15-16-30(25-31)26-37-22-24-46-29-37/h12-13,15-22,24-25,29,32H,3-11,14,23,26-28H2,1-2H3/p+1/t32-/m1/s1. The number of rotatable bonds is 23. The van der Waals surface area contributed by atoms with E-state index in [1.165, 1.54) is 64.9 Å². The van der Waals surface area contributed by atoms with E-state index in [9.17, 15) is 9.79 Å². The molecule has 0 aliphatic carbocycles. The summed E-state index contributed by atoms with van der Waals surface area (Å²) in [6, 6.07) is 18.9. The molecule has 0 aliphatic rings. The van der Waals surface area contributed by atoms with Gasteiger partial charge in [0, 0.05) is 23.4 Å². The molecule has 0 fully saturated rings. The van der Waals surface area contributed by atoms with Crippen LogP contribution in [0.3, 0.4) is 0 Å². The Balaban J connectivity index is 1.21. The van der Waals surface area contributed by atoms with E-state index in [0.29, 0.717) is 18.9 Å². The number of fused-ring (bicyclic) bond motifs is 1. The van der Waals surface area contributed by atoms with Gasteiger partial charge >= 0.3 is 8.17 Å². The van der Waals surface area contributed by atoms with E-state index in [1.807, 2.05) is 64.1 Å². The van der Waals surface area contributed by atoms with Crippen LogP contribution in [0.4, 0.5) is 0 Å². The zero-order chi connectivity index (χ0) is 32.5. The van der Waals surface area contributed by atoms with Crippen LogP contribution in [-0.2, 0) is 15.8 Å². The summed E-state index contributed by atoms with van der Waals surface area (Å²) >= 11 is 1.59. The van der Waals surface area contributed by atoms with Crippen molar-refractivity contribution in [2.75, 3.05) is 26.9 Å². The molecule has 0 saturated heterocycles. The molecule has 0 bridgehead atoms. The highest BCUT2D eigenvalue weighted by molar-refractivity contribution is 7.53. The topological polar surface area (TPSA) is 93.3 Å². The Morgan fingerprint density at radius 3 is 2.15 bits per heavy atom. The number of nitrogens with zero attached hydrogens (tertiary/aromatic N) is 1. The van der Waals surface area contributed by atoms with Gasteiger partial charge in [0.25, 0.3) is 0 Å². The zero-order valence-electron chi connectivity index (χ0n) is 27.2. The molecule has 250 valence electrons. The van der Waals surface area contributed by atoms with E-state index in [0.717, 1.165) is 28.5 Å². The molecule has 0 aliphatic heterocycles. The van der Waals surface area contributed by atoms with Crippen molar-refractivity contribution in [1.29, 1.82) is 0 Å². The predicted octanol–water partition coefficient (Wildman–Crippen LogP) is 8.06. The quantitative estimate of drug-likeness (QED) is 0.0485. The lowest BCUT2D eigenvalue weighted by Gasteiger charge is -2.23. The van der Waals surface area contributed by atoms with E-state index in [4.69, 9.17) is 23.3 Å². The normalized spacial score (nSPS) is 13.4. The smallest absolute Gasteiger partial charge is 0.426 e. The highest BCUT2D eigenvalue weighted by Gasteiger charge is 2.31. The van der Waals surface area contributed by atoms with Crippen molar-refractivity contribution >= 4 is 30.3 Å². The van der Waals surface area contributed by atoms with Crippen molar-refractivity contribution in [3.05, 3.63) is 83.3 Å². The Morgan fingerprint density at radius 1 is 0.826 bits per heavy atom. The van der Waals surface area contributed by atoms with Crippen molar-refractivity contribution in [2.24, 2.45) is 0 Å². The van der Waals surface area contributed by atoms with E-state index < -0.39 is 14.3 Å². The van der Waals surface area contributed by atoms with Gasteiger partial charge in [-0.05, 0) is 30.7 Å². The Morgan fingerprint density at radius 2 is 1.50 bits per heavy atom. The van der Waals surface area contributed by atoms with Crippen molar-refractivity contribution in [1.82, 2.24) is 0 Å². The van der Waals surface area contributed by atoms with Crippen molar-refractivity contribution < 1.29 is 37.6 Å². The van der Waals surface area contributed by atoms with Gasteiger partial charge in [-0.3, -0.25) is 4.52 Å². The van der Waals surface area contributed by atoms with Gasteiger partial charge in [-0.25, -0.2) is 0 Å². The Kier molecular flexibility index (Phi) is 15.5. The number of aromatic nitrogens is 1. The molecule has 0 saturated carbocycles. The third kappa shape index (κ3) is 12.4. The fraction of sp³-hybridized carbons (Fsp3) is 0.472. The Bertz CT molecular complexity index is 1420. The minimum absolute atomic E-state index is 0.118. The maximum absolute atomic E-state index is 12.7. The van der Waals surface area contributed by atoms with Gasteiger partial charge in [-0.15, -0.1) is 0 Å². The number of hydrogen-bond acceptors (Lipinski definition) is 8. The highest BCUT2D eigenvalue weighted by atomic mass is 32.1. The van der Waals surface area contributed by atoms with E-state index in [2.05, 4.69) is 6.92 Å². The fourth-order valence-corrected chi connectivity index (χ4v) is 6.62. The van der Waals surface area contributed by atoms with Crippen molar-refractivity contribution in [3.63, 3.8) is 0 Å². The summed E-state index contributed by atoms with van der Waals surface area (Å²) in [6.07, 6.45) is 14.3. The monoisotopic (exact) mass is 670 g/mol. The molecular formula is C36H49NO7PS+. The van der Waals surface area contributed by atoms with Crippen LogP contribution in [0.1, 0.15) is 76.7 Å². The maximum Gasteiger partial charge on any atom is 0.426 e. The number of methoxy groups -OCH3 is 1. The van der Waals surface area contributed by atoms with Crippen LogP contribution in [0.5, 0.6) is 17.2 Å². The SMILES string of the molecule is CCCCCCCCCCCCOc1ccc(OC[C@H](CO[P+]([O-])(O)Oc2cccc(C[n+]3ccsc3)c2)OC)c2ccccc12. The molecule has 46 heavy (non-hydrogen) atoms. The van der Waals surface area contributed by atoms with Gasteiger partial charge in [-0.1, -0.05) is 112 Å². The van der Waals surface area contributed by atoms with E-state index in [-0.39, 0.29) is 19.0 Å². The largest absolute Gasteiger partial charge is 0.598 e. The molecule has 8 nitrogen and oxygen atoms in total. The van der Waals surface area contributed by atoms with Gasteiger partial charge in [0.15, 0.2) is 18.5 Å². The maximum atomic E-state index is 12.7. The van der Waals surface area contributed by atoms with Crippen molar-refractivity contribution in [3.8, 4) is 17.2 Å². The van der Waals surface area contributed by atoms with Crippen LogP contribution in [0, 0.1) is 0 Å². The molecule has 1 heterocycles. The third-order valence-electron chi connectivity index (χ3n) is 7.79. The minimum Gasteiger partial charge on any atom is -0.598 e. The number of phosphoric acid groups is 1. The lowest BCUT2D eigenvalue weighted by atomic mass is 10.1. The molecule has 2 atom stereocenters. The second-order valence-corrected chi connectivity index (χ2v) is 13.6. The van der Waals surface area contributed by atoms with Gasteiger partial charge < -0.3 is 19.1 Å². The first kappa shape index (κ1) is 36.1. The van der Waals surface area contributed by atoms with Gasteiger partial charge in [0.05, 0.1) is 12.0 Å². The number of unbranched alkanes of at least 4 members (excludes halogenated alkanes) is 9. The summed E-state index contributed by atoms with van der Waals surface area (Å²) in [5.41, 5.74) is 2.93. The van der Waals surface area contributed by atoms with E-state index >= 15 is 0 Å². The average molecular weight is 671 g/mol. The third-order valence-corrected chi connectivity index (χ3v) is 9.38. The summed E-state index contributed by atoms with van der Waals surface area (Å²) in [5, 5.41) is 3.89. The zero-order valence-corrected chi connectivity index (χ0v) is 28.9. The number of benzene rings is 3. The summed E-state index contributed by atoms with van der Waals surface area (Å²) in [5.74, 6) is 1.76. The molecule has 4 aromatic rings. The summed E-state index contributed by atoms with van der Waals surface area (Å²) in [7, 11) is -2.89. The number of thiazole rings is 1. The molecule has 0 amide bonds. The molecule has 1 unspecified atom stereocenters. The molecule has 0 radical (unpaired) electrons. The fourth-order valence-electron chi connectivity index (χ4n) is 5.23. The van der Waals surface area contributed by atoms with Crippen LogP contribution in [0.15, 0.2) is 77.8 Å². The van der Waals surface area contributed by atoms with Crippen LogP contribution < -0.4 is 23.5 Å². The van der Waals surface area contributed by atoms with Gasteiger partial charge in [0.1, 0.15) is 30.8 Å². The van der Waals surface area contributed by atoms with Crippen LogP contribution in [0.25, 0.3) is 10.8 Å². The van der Waals surface area contributed by atoms with Crippen LogP contribution >= 0.6 is 19.5 Å². The molecule has 1 N–H and O–H groups in total. The molecule has 10 heteroatoms. The second kappa shape index (κ2) is 19.8. The summed E-state index contributed by atoms with van der Waals surface area (Å²) < 4.78 is 30.4. The molecule has 0 spiro atoms. The first-order valence-electron chi connectivity index (χ1n) is 16.4. The minimum atomic E-state index is -4.40. The molecule has 4 rings (SSSR count). The molecule has 1 aromatic heterocycles. The second-order valence-electron chi connectivity index (χ2n) is 11.5. The summed E-state index contributed by atoms with van der Waals surface area (Å²) in [6.45, 7) is 3.50. The van der Waals surface area contributed by atoms with Crippen molar-refractivity contribution in [2.45, 2.75) is 83.8 Å². The number of ether oxygens (including phenoxy) is 3. The highest BCUT2D eigenvalue weighted by Crippen LogP contribution is 2.48. The lowest BCUT2D eigenvalue weighted by Crippen LogP contribution is -2.30. The van der Waals surface area contributed by atoms with Crippen LogP contribution in [-0.4, -0.2) is 37.9 Å².